The molecule has 104 valence electrons. The number of benzene rings is 1. The molecule has 1 fully saturated rings. The van der Waals surface area contributed by atoms with Crippen molar-refractivity contribution in [3.63, 3.8) is 0 Å². The lowest BCUT2D eigenvalue weighted by molar-refractivity contribution is -0.156. The molecule has 0 aromatic heterocycles. The smallest absolute Gasteiger partial charge is 0.312 e. The third kappa shape index (κ3) is 3.37. The predicted molar refractivity (Wildman–Crippen MR) is 76.8 cm³/mol. The maximum atomic E-state index is 12.2. The first-order valence-corrected chi connectivity index (χ1v) is 7.36. The number of hydrogen-bond donors (Lipinski definition) is 1. The van der Waals surface area contributed by atoms with E-state index >= 15 is 0 Å². The van der Waals surface area contributed by atoms with Gasteiger partial charge in [-0.15, -0.1) is 0 Å². The van der Waals surface area contributed by atoms with E-state index in [0.717, 1.165) is 10.0 Å². The second kappa shape index (κ2) is 6.06. The van der Waals surface area contributed by atoms with E-state index in [2.05, 4.69) is 15.9 Å². The Morgan fingerprint density at radius 1 is 1.47 bits per heavy atom. The van der Waals surface area contributed by atoms with Crippen molar-refractivity contribution in [2.45, 2.75) is 38.2 Å². The van der Waals surface area contributed by atoms with Crippen molar-refractivity contribution in [1.82, 2.24) is 0 Å². The van der Waals surface area contributed by atoms with Crippen LogP contribution in [0.3, 0.4) is 0 Å². The molecule has 4 heteroatoms. The zero-order chi connectivity index (χ0) is 13.9. The summed E-state index contributed by atoms with van der Waals surface area (Å²) < 4.78 is 6.01. The Morgan fingerprint density at radius 2 is 2.16 bits per heavy atom. The third-order valence-electron chi connectivity index (χ3n) is 3.96. The van der Waals surface area contributed by atoms with Gasteiger partial charge in [-0.05, 0) is 49.8 Å². The van der Waals surface area contributed by atoms with Crippen molar-refractivity contribution in [3.05, 3.63) is 34.3 Å². The summed E-state index contributed by atoms with van der Waals surface area (Å²) in [6.07, 6.45) is 3.11. The molecule has 0 spiro atoms. The highest BCUT2D eigenvalue weighted by Gasteiger charge is 2.42. The molecule has 0 heterocycles. The van der Waals surface area contributed by atoms with Crippen LogP contribution in [0, 0.1) is 5.41 Å². The maximum absolute atomic E-state index is 12.2. The van der Waals surface area contributed by atoms with Gasteiger partial charge in [0.25, 0.3) is 0 Å². The van der Waals surface area contributed by atoms with Gasteiger partial charge in [-0.3, -0.25) is 4.79 Å². The van der Waals surface area contributed by atoms with Crippen molar-refractivity contribution < 1.29 is 14.6 Å². The monoisotopic (exact) mass is 326 g/mol. The molecule has 19 heavy (non-hydrogen) atoms. The average Bonchev–Trinajstić information content (AvgIpc) is 2.41. The molecule has 1 aromatic carbocycles. The van der Waals surface area contributed by atoms with Gasteiger partial charge in [0.15, 0.2) is 0 Å². The number of carbonyl (C=O) groups excluding carboxylic acids is 1. The van der Waals surface area contributed by atoms with E-state index in [1.165, 1.54) is 7.11 Å². The van der Waals surface area contributed by atoms with Gasteiger partial charge in [0, 0.05) is 4.47 Å². The van der Waals surface area contributed by atoms with Crippen LogP contribution in [0.25, 0.3) is 0 Å². The van der Waals surface area contributed by atoms with Crippen molar-refractivity contribution in [1.29, 1.82) is 0 Å². The fraction of sp³-hybridized carbons (Fsp3) is 0.533. The lowest BCUT2D eigenvalue weighted by atomic mass is 9.69. The third-order valence-corrected chi connectivity index (χ3v) is 4.46. The minimum absolute atomic E-state index is 0.153. The quantitative estimate of drug-likeness (QED) is 0.868. The molecule has 2 rings (SSSR count). The van der Waals surface area contributed by atoms with Crippen LogP contribution in [-0.4, -0.2) is 24.3 Å². The van der Waals surface area contributed by atoms with Crippen LogP contribution in [0.5, 0.6) is 0 Å². The van der Waals surface area contributed by atoms with Crippen LogP contribution in [0.1, 0.15) is 31.2 Å². The van der Waals surface area contributed by atoms with E-state index in [1.54, 1.807) is 0 Å². The SMILES string of the molecule is COC(=O)C1(Cc2cccc(Br)c2)CCC(O)CC1. The molecule has 0 unspecified atom stereocenters. The predicted octanol–water partition coefficient (Wildman–Crippen LogP) is 3.09. The topological polar surface area (TPSA) is 46.5 Å². The number of aliphatic hydroxyl groups excluding tert-OH is 1. The van der Waals surface area contributed by atoms with Crippen LogP contribution in [0.4, 0.5) is 0 Å². The Labute approximate surface area is 122 Å². The largest absolute Gasteiger partial charge is 0.469 e. The van der Waals surface area contributed by atoms with E-state index in [0.29, 0.717) is 32.1 Å². The summed E-state index contributed by atoms with van der Waals surface area (Å²) in [7, 11) is 1.44. The molecule has 0 amide bonds. The van der Waals surface area contributed by atoms with Gasteiger partial charge in [-0.1, -0.05) is 28.1 Å². The van der Waals surface area contributed by atoms with Crippen LogP contribution < -0.4 is 0 Å². The van der Waals surface area contributed by atoms with Crippen LogP contribution in [-0.2, 0) is 16.0 Å². The van der Waals surface area contributed by atoms with Gasteiger partial charge >= 0.3 is 5.97 Å². The number of methoxy groups -OCH3 is 1. The Hall–Kier alpha value is -0.870. The van der Waals surface area contributed by atoms with Crippen LogP contribution in [0.2, 0.25) is 0 Å². The molecule has 0 saturated heterocycles. The molecular formula is C15H19BrO3. The van der Waals surface area contributed by atoms with E-state index in [-0.39, 0.29) is 12.1 Å². The van der Waals surface area contributed by atoms with Crippen molar-refractivity contribution >= 4 is 21.9 Å². The number of rotatable bonds is 3. The minimum Gasteiger partial charge on any atom is -0.469 e. The van der Waals surface area contributed by atoms with Gasteiger partial charge in [0.05, 0.1) is 18.6 Å². The normalized spacial score (nSPS) is 27.0. The van der Waals surface area contributed by atoms with Gasteiger partial charge < -0.3 is 9.84 Å². The van der Waals surface area contributed by atoms with Gasteiger partial charge in [-0.2, -0.15) is 0 Å². The molecule has 0 atom stereocenters. The number of halogens is 1. The van der Waals surface area contributed by atoms with E-state index in [4.69, 9.17) is 4.74 Å². The summed E-state index contributed by atoms with van der Waals surface area (Å²) in [5.41, 5.74) is 0.644. The van der Waals surface area contributed by atoms with E-state index in [9.17, 15) is 9.90 Å². The summed E-state index contributed by atoms with van der Waals surface area (Å²) >= 11 is 3.45. The van der Waals surface area contributed by atoms with Crippen molar-refractivity contribution in [3.8, 4) is 0 Å². The molecule has 1 N–H and O–H groups in total. The lowest BCUT2D eigenvalue weighted by Gasteiger charge is -2.36. The van der Waals surface area contributed by atoms with Crippen LogP contribution in [0.15, 0.2) is 28.7 Å². The van der Waals surface area contributed by atoms with E-state index in [1.807, 2.05) is 24.3 Å². The number of hydrogen-bond acceptors (Lipinski definition) is 3. The molecule has 1 aliphatic rings. The zero-order valence-electron chi connectivity index (χ0n) is 11.1. The lowest BCUT2D eigenvalue weighted by Crippen LogP contribution is -2.39. The van der Waals surface area contributed by atoms with Gasteiger partial charge in [0.1, 0.15) is 0 Å². The summed E-state index contributed by atoms with van der Waals surface area (Å²) in [4.78, 5) is 12.2. The standard InChI is InChI=1S/C15H19BrO3/c1-19-14(18)15(7-5-13(17)6-8-15)10-11-3-2-4-12(16)9-11/h2-4,9,13,17H,5-8,10H2,1H3. The summed E-state index contributed by atoms with van der Waals surface area (Å²) in [5.74, 6) is -0.153. The van der Waals surface area contributed by atoms with Gasteiger partial charge in [-0.25, -0.2) is 0 Å². The van der Waals surface area contributed by atoms with E-state index < -0.39 is 5.41 Å². The van der Waals surface area contributed by atoms with Crippen molar-refractivity contribution in [2.24, 2.45) is 5.41 Å². The number of esters is 1. The average molecular weight is 327 g/mol. The van der Waals surface area contributed by atoms with Gasteiger partial charge in [0.2, 0.25) is 0 Å². The van der Waals surface area contributed by atoms with Crippen molar-refractivity contribution in [2.75, 3.05) is 7.11 Å². The Morgan fingerprint density at radius 3 is 2.74 bits per heavy atom. The summed E-state index contributed by atoms with van der Waals surface area (Å²) in [5, 5.41) is 9.65. The highest BCUT2D eigenvalue weighted by atomic mass is 79.9. The second-order valence-corrected chi connectivity index (χ2v) is 6.23. The maximum Gasteiger partial charge on any atom is 0.312 e. The summed E-state index contributed by atoms with van der Waals surface area (Å²) in [6.45, 7) is 0. The number of aliphatic hydroxyl groups is 1. The first kappa shape index (κ1) is 14.5. The first-order valence-electron chi connectivity index (χ1n) is 6.57. The van der Waals surface area contributed by atoms with Crippen LogP contribution >= 0.6 is 15.9 Å². The molecule has 0 radical (unpaired) electrons. The fourth-order valence-electron chi connectivity index (χ4n) is 2.86. The minimum atomic E-state index is -0.477. The fourth-order valence-corrected chi connectivity index (χ4v) is 3.31. The zero-order valence-corrected chi connectivity index (χ0v) is 12.6. The Kier molecular flexibility index (Phi) is 4.63. The second-order valence-electron chi connectivity index (χ2n) is 5.31. The Bertz CT molecular complexity index is 450. The molecular weight excluding hydrogens is 308 g/mol. The highest BCUT2D eigenvalue weighted by Crippen LogP contribution is 2.40. The first-order chi connectivity index (χ1) is 9.05. The highest BCUT2D eigenvalue weighted by molar-refractivity contribution is 9.10. The molecule has 3 nitrogen and oxygen atoms in total. The molecule has 1 aromatic rings. The number of ether oxygens (including phenoxy) is 1. The number of carbonyl (C=O) groups is 1. The molecule has 1 aliphatic carbocycles. The summed E-state index contributed by atoms with van der Waals surface area (Å²) in [6, 6.07) is 8.01. The molecule has 0 bridgehead atoms. The Balaban J connectivity index is 2.21. The molecule has 0 aliphatic heterocycles. The molecule has 1 saturated carbocycles.